The topological polar surface area (TPSA) is 76.1 Å². The third kappa shape index (κ3) is 6.83. The molecule has 0 fully saturated rings. The van der Waals surface area contributed by atoms with Crippen LogP contribution in [-0.4, -0.2) is 22.7 Å². The molecule has 0 radical (unpaired) electrons. The van der Waals surface area contributed by atoms with Crippen molar-refractivity contribution in [3.63, 3.8) is 0 Å². The maximum absolute atomic E-state index is 12.3. The summed E-state index contributed by atoms with van der Waals surface area (Å²) < 4.78 is 5.48. The Bertz CT molecular complexity index is 764. The van der Waals surface area contributed by atoms with Crippen molar-refractivity contribution in [1.29, 1.82) is 0 Å². The Balaban J connectivity index is 2.01. The molecule has 2 rings (SSSR count). The van der Waals surface area contributed by atoms with E-state index in [-0.39, 0.29) is 0 Å². The van der Waals surface area contributed by atoms with Gasteiger partial charge >= 0.3 is 6.09 Å². The van der Waals surface area contributed by atoms with Crippen LogP contribution in [0.5, 0.6) is 0 Å². The molecule has 2 aromatic rings. The molecule has 28 heavy (non-hydrogen) atoms. The first-order valence-electron chi connectivity index (χ1n) is 10.2. The van der Waals surface area contributed by atoms with E-state index in [4.69, 9.17) is 4.74 Å². The number of amides is 1. The van der Waals surface area contributed by atoms with Crippen molar-refractivity contribution >= 4 is 23.3 Å². The number of nitrogens with zero attached hydrogens (tertiary/aromatic N) is 2. The Morgan fingerprint density at radius 3 is 2.68 bits per heavy atom. The van der Waals surface area contributed by atoms with Gasteiger partial charge in [0.1, 0.15) is 12.1 Å². The minimum Gasteiger partial charge on any atom is -0.449 e. The predicted octanol–water partition coefficient (Wildman–Crippen LogP) is 5.86. The summed E-state index contributed by atoms with van der Waals surface area (Å²) in [6.07, 6.45) is 6.38. The lowest BCUT2D eigenvalue weighted by Crippen LogP contribution is -2.19. The van der Waals surface area contributed by atoms with Crippen LogP contribution < -0.4 is 10.6 Å². The Morgan fingerprint density at radius 2 is 2.00 bits per heavy atom. The lowest BCUT2D eigenvalue weighted by atomic mass is 10.0. The molecule has 0 saturated carbocycles. The van der Waals surface area contributed by atoms with Crippen LogP contribution in [0.25, 0.3) is 0 Å². The van der Waals surface area contributed by atoms with Crippen LogP contribution in [0.2, 0.25) is 0 Å². The molecular formula is C22H32N4O2. The molecular weight excluding hydrogens is 352 g/mol. The molecule has 0 aliphatic rings. The molecule has 1 atom stereocenters. The van der Waals surface area contributed by atoms with E-state index < -0.39 is 6.09 Å². The molecule has 152 valence electrons. The zero-order valence-electron chi connectivity index (χ0n) is 17.4. The number of unbranched alkanes of at least 4 members (excludes halogenated alkanes) is 1. The average Bonchev–Trinajstić information content (AvgIpc) is 2.68. The molecule has 6 nitrogen and oxygen atoms in total. The Labute approximate surface area is 168 Å². The van der Waals surface area contributed by atoms with E-state index >= 15 is 0 Å². The number of benzene rings is 1. The molecule has 1 aromatic heterocycles. The van der Waals surface area contributed by atoms with Gasteiger partial charge in [-0.1, -0.05) is 46.1 Å². The highest BCUT2D eigenvalue weighted by molar-refractivity contribution is 5.87. The van der Waals surface area contributed by atoms with Gasteiger partial charge in [0.2, 0.25) is 0 Å². The molecule has 1 heterocycles. The summed E-state index contributed by atoms with van der Waals surface area (Å²) in [5.41, 5.74) is 3.54. The normalized spacial score (nSPS) is 11.7. The Morgan fingerprint density at radius 1 is 1.18 bits per heavy atom. The number of ether oxygens (including phenoxy) is 1. The third-order valence-corrected chi connectivity index (χ3v) is 4.80. The quantitative estimate of drug-likeness (QED) is 0.537. The van der Waals surface area contributed by atoms with E-state index in [1.54, 1.807) is 0 Å². The fraction of sp³-hybridized carbons (Fsp3) is 0.500. The van der Waals surface area contributed by atoms with Crippen LogP contribution in [0.4, 0.5) is 22.0 Å². The van der Waals surface area contributed by atoms with Gasteiger partial charge < -0.3 is 10.1 Å². The first-order valence-corrected chi connectivity index (χ1v) is 10.2. The second-order valence-corrected chi connectivity index (χ2v) is 7.04. The van der Waals surface area contributed by atoms with E-state index in [0.29, 0.717) is 18.3 Å². The average molecular weight is 385 g/mol. The molecule has 2 N–H and O–H groups in total. The number of rotatable bonds is 10. The summed E-state index contributed by atoms with van der Waals surface area (Å²) in [5, 5.41) is 6.15. The Kier molecular flexibility index (Phi) is 8.72. The molecule has 0 aliphatic carbocycles. The van der Waals surface area contributed by atoms with Crippen LogP contribution in [0, 0.1) is 12.8 Å². The monoisotopic (exact) mass is 384 g/mol. The Hall–Kier alpha value is -2.63. The summed E-state index contributed by atoms with van der Waals surface area (Å²) >= 11 is 0. The minimum atomic E-state index is -0.403. The first-order chi connectivity index (χ1) is 13.5. The molecule has 6 heteroatoms. The van der Waals surface area contributed by atoms with Crippen LogP contribution in [-0.2, 0) is 11.2 Å². The molecule has 0 aliphatic heterocycles. The van der Waals surface area contributed by atoms with Crippen molar-refractivity contribution in [3.8, 4) is 0 Å². The van der Waals surface area contributed by atoms with Crippen LogP contribution in [0.1, 0.15) is 57.7 Å². The van der Waals surface area contributed by atoms with Gasteiger partial charge in [0.25, 0.3) is 0 Å². The number of hydrogen-bond acceptors (Lipinski definition) is 5. The van der Waals surface area contributed by atoms with Gasteiger partial charge in [0.05, 0.1) is 6.61 Å². The van der Waals surface area contributed by atoms with Gasteiger partial charge in [0.15, 0.2) is 0 Å². The first kappa shape index (κ1) is 21.7. The van der Waals surface area contributed by atoms with Crippen molar-refractivity contribution in [1.82, 2.24) is 9.97 Å². The fourth-order valence-corrected chi connectivity index (χ4v) is 2.99. The molecule has 0 spiro atoms. The summed E-state index contributed by atoms with van der Waals surface area (Å²) in [4.78, 5) is 20.6. The van der Waals surface area contributed by atoms with Crippen molar-refractivity contribution < 1.29 is 9.53 Å². The highest BCUT2D eigenvalue weighted by atomic mass is 16.5. The highest BCUT2D eigenvalue weighted by Crippen LogP contribution is 2.24. The number of aromatic nitrogens is 2. The number of hydrogen-bond donors (Lipinski definition) is 2. The lowest BCUT2D eigenvalue weighted by molar-refractivity contribution is 0.136. The fourth-order valence-electron chi connectivity index (χ4n) is 2.99. The maximum atomic E-state index is 12.3. The largest absolute Gasteiger partial charge is 0.449 e. The lowest BCUT2D eigenvalue weighted by Gasteiger charge is -2.16. The van der Waals surface area contributed by atoms with Crippen molar-refractivity contribution in [3.05, 3.63) is 41.9 Å². The minimum absolute atomic E-state index is 0.403. The third-order valence-electron chi connectivity index (χ3n) is 4.80. The van der Waals surface area contributed by atoms with E-state index in [1.807, 2.05) is 31.2 Å². The summed E-state index contributed by atoms with van der Waals surface area (Å²) in [6.45, 7) is 8.75. The molecule has 1 amide bonds. The number of aryl methyl sites for hydroxylation is 2. The summed E-state index contributed by atoms with van der Waals surface area (Å²) in [6, 6.07) is 7.76. The summed E-state index contributed by atoms with van der Waals surface area (Å²) in [7, 11) is 0. The zero-order chi connectivity index (χ0) is 20.4. The van der Waals surface area contributed by atoms with Crippen LogP contribution in [0.3, 0.4) is 0 Å². The van der Waals surface area contributed by atoms with Gasteiger partial charge in [-0.15, -0.1) is 0 Å². The maximum Gasteiger partial charge on any atom is 0.411 e. The standard InChI is InChI=1S/C22H32N4O2/c1-5-8-9-17(6-2)14-28-22(27)26-20-13-19(11-10-18(20)7-3)25-21-12-16(4)23-15-24-21/h10-13,15,17H,5-9,14H2,1-4H3,(H,26,27)(H,23,24,25). The molecule has 0 bridgehead atoms. The van der Waals surface area contributed by atoms with Crippen LogP contribution in [0.15, 0.2) is 30.6 Å². The smallest absolute Gasteiger partial charge is 0.411 e. The second-order valence-electron chi connectivity index (χ2n) is 7.04. The summed E-state index contributed by atoms with van der Waals surface area (Å²) in [5.74, 6) is 1.14. The van der Waals surface area contributed by atoms with E-state index in [2.05, 4.69) is 41.4 Å². The van der Waals surface area contributed by atoms with Gasteiger partial charge in [-0.3, -0.25) is 5.32 Å². The van der Waals surface area contributed by atoms with Crippen molar-refractivity contribution in [2.45, 2.75) is 59.8 Å². The van der Waals surface area contributed by atoms with Gasteiger partial charge in [-0.2, -0.15) is 0 Å². The molecule has 0 saturated heterocycles. The van der Waals surface area contributed by atoms with Crippen molar-refractivity contribution in [2.24, 2.45) is 5.92 Å². The number of carbonyl (C=O) groups is 1. The van der Waals surface area contributed by atoms with E-state index in [0.717, 1.165) is 48.3 Å². The molecule has 1 unspecified atom stereocenters. The number of carbonyl (C=O) groups excluding carboxylic acids is 1. The highest BCUT2D eigenvalue weighted by Gasteiger charge is 2.12. The van der Waals surface area contributed by atoms with E-state index in [9.17, 15) is 4.79 Å². The number of anilines is 3. The second kappa shape index (κ2) is 11.3. The van der Waals surface area contributed by atoms with Gasteiger partial charge in [-0.25, -0.2) is 14.8 Å². The van der Waals surface area contributed by atoms with E-state index in [1.165, 1.54) is 12.7 Å². The predicted molar refractivity (Wildman–Crippen MR) is 114 cm³/mol. The zero-order valence-corrected chi connectivity index (χ0v) is 17.4. The van der Waals surface area contributed by atoms with Crippen LogP contribution >= 0.6 is 0 Å². The number of nitrogens with one attached hydrogen (secondary N) is 2. The van der Waals surface area contributed by atoms with Crippen molar-refractivity contribution in [2.75, 3.05) is 17.2 Å². The van der Waals surface area contributed by atoms with Gasteiger partial charge in [0, 0.05) is 23.1 Å². The van der Waals surface area contributed by atoms with Gasteiger partial charge in [-0.05, 0) is 43.4 Å². The molecule has 1 aromatic carbocycles. The SMILES string of the molecule is CCCCC(CC)COC(=O)Nc1cc(Nc2cc(C)ncn2)ccc1CC.